The summed E-state index contributed by atoms with van der Waals surface area (Å²) in [6, 6.07) is 2.49. The summed E-state index contributed by atoms with van der Waals surface area (Å²) in [5.74, 6) is -2.15. The lowest BCUT2D eigenvalue weighted by atomic mass is 10.0. The molecule has 0 radical (unpaired) electrons. The molecule has 2 rings (SSSR count). The Labute approximate surface area is 116 Å². The van der Waals surface area contributed by atoms with Gasteiger partial charge >= 0.3 is 5.97 Å². The van der Waals surface area contributed by atoms with Crippen LogP contribution in [-0.4, -0.2) is 23.3 Å². The number of methoxy groups -OCH3 is 1. The van der Waals surface area contributed by atoms with Gasteiger partial charge in [-0.1, -0.05) is 21.1 Å². The van der Waals surface area contributed by atoms with Gasteiger partial charge in [-0.25, -0.2) is 9.18 Å². The molecule has 0 fully saturated rings. The van der Waals surface area contributed by atoms with E-state index in [0.717, 1.165) is 0 Å². The Morgan fingerprint density at radius 3 is 2.74 bits per heavy atom. The zero-order valence-electron chi connectivity index (χ0n) is 10.0. The number of aromatic carboxylic acids is 1. The Kier molecular flexibility index (Phi) is 3.57. The van der Waals surface area contributed by atoms with Crippen LogP contribution in [0.3, 0.4) is 0 Å². The number of rotatable bonds is 3. The first-order valence-electron chi connectivity index (χ1n) is 5.18. The van der Waals surface area contributed by atoms with Gasteiger partial charge < -0.3 is 14.4 Å². The highest BCUT2D eigenvalue weighted by Gasteiger charge is 2.21. The van der Waals surface area contributed by atoms with Crippen molar-refractivity contribution in [2.75, 3.05) is 7.11 Å². The zero-order chi connectivity index (χ0) is 14.2. The van der Waals surface area contributed by atoms with Crippen LogP contribution in [0.2, 0.25) is 0 Å². The van der Waals surface area contributed by atoms with Gasteiger partial charge in [0.05, 0.1) is 12.7 Å². The molecule has 100 valence electrons. The van der Waals surface area contributed by atoms with Gasteiger partial charge in [0.15, 0.2) is 11.6 Å². The fraction of sp³-hybridized carbons (Fsp3) is 0.167. The van der Waals surface area contributed by atoms with E-state index in [9.17, 15) is 9.18 Å². The molecule has 0 amide bonds. The van der Waals surface area contributed by atoms with Crippen molar-refractivity contribution in [2.24, 2.45) is 0 Å². The van der Waals surface area contributed by atoms with E-state index in [2.05, 4.69) is 25.6 Å². The van der Waals surface area contributed by atoms with E-state index in [1.165, 1.54) is 19.2 Å². The van der Waals surface area contributed by atoms with Crippen molar-refractivity contribution in [1.29, 1.82) is 0 Å². The molecule has 5 nitrogen and oxygen atoms in total. The number of carbonyl (C=O) groups is 1. The molecule has 2 aromatic rings. The van der Waals surface area contributed by atoms with Crippen LogP contribution in [0, 0.1) is 12.7 Å². The van der Waals surface area contributed by atoms with Crippen molar-refractivity contribution in [1.82, 2.24) is 5.16 Å². The molecule has 0 saturated heterocycles. The second-order valence-electron chi connectivity index (χ2n) is 3.76. The van der Waals surface area contributed by atoms with Gasteiger partial charge in [0.1, 0.15) is 5.69 Å². The van der Waals surface area contributed by atoms with Gasteiger partial charge in [-0.3, -0.25) is 0 Å². The molecule has 1 N–H and O–H groups in total. The number of aromatic nitrogens is 1. The summed E-state index contributed by atoms with van der Waals surface area (Å²) in [7, 11) is 1.33. The predicted octanol–water partition coefficient (Wildman–Crippen LogP) is 3.26. The average molecular weight is 330 g/mol. The molecule has 7 heteroatoms. The van der Waals surface area contributed by atoms with Gasteiger partial charge in [0, 0.05) is 10.5 Å². The summed E-state index contributed by atoms with van der Waals surface area (Å²) in [4.78, 5) is 10.8. The van der Waals surface area contributed by atoms with E-state index >= 15 is 0 Å². The second-order valence-corrected chi connectivity index (χ2v) is 4.61. The third-order valence-electron chi connectivity index (χ3n) is 2.61. The lowest BCUT2D eigenvalue weighted by molar-refractivity contribution is 0.0652. The molecule has 0 aliphatic carbocycles. The molecule has 0 aliphatic heterocycles. The van der Waals surface area contributed by atoms with Crippen LogP contribution in [0.1, 0.15) is 16.1 Å². The summed E-state index contributed by atoms with van der Waals surface area (Å²) in [5.41, 5.74) is 1.22. The van der Waals surface area contributed by atoms with Gasteiger partial charge in [-0.15, -0.1) is 0 Å². The SMILES string of the molecule is COc1c(F)cc(Br)c(C)c1-c1cc(C(=O)O)on1. The van der Waals surface area contributed by atoms with Gasteiger partial charge in [0.2, 0.25) is 5.76 Å². The topological polar surface area (TPSA) is 72.6 Å². The minimum absolute atomic E-state index is 0.00839. The van der Waals surface area contributed by atoms with E-state index < -0.39 is 11.8 Å². The molecular formula is C12H9BrFNO4. The van der Waals surface area contributed by atoms with Crippen LogP contribution in [0.15, 0.2) is 21.1 Å². The normalized spacial score (nSPS) is 10.5. The predicted molar refractivity (Wildman–Crippen MR) is 67.8 cm³/mol. The smallest absolute Gasteiger partial charge is 0.374 e. The van der Waals surface area contributed by atoms with Crippen LogP contribution in [0.25, 0.3) is 11.3 Å². The molecule has 19 heavy (non-hydrogen) atoms. The molecule has 0 atom stereocenters. The van der Waals surface area contributed by atoms with Crippen molar-refractivity contribution in [3.05, 3.63) is 33.7 Å². The van der Waals surface area contributed by atoms with Gasteiger partial charge in [0.25, 0.3) is 0 Å². The van der Waals surface area contributed by atoms with Crippen LogP contribution < -0.4 is 4.74 Å². The lowest BCUT2D eigenvalue weighted by Crippen LogP contribution is -1.96. The van der Waals surface area contributed by atoms with Gasteiger partial charge in [-0.05, 0) is 18.6 Å². The summed E-state index contributed by atoms with van der Waals surface area (Å²) in [6.07, 6.45) is 0. The Morgan fingerprint density at radius 1 is 1.53 bits per heavy atom. The number of hydrogen-bond acceptors (Lipinski definition) is 4. The number of carboxylic acids is 1. The van der Waals surface area contributed by atoms with E-state index in [4.69, 9.17) is 9.84 Å². The minimum Gasteiger partial charge on any atom is -0.493 e. The minimum atomic E-state index is -1.24. The third kappa shape index (κ3) is 2.33. The Hall–Kier alpha value is -1.89. The van der Waals surface area contributed by atoms with Crippen molar-refractivity contribution in [2.45, 2.75) is 6.92 Å². The number of nitrogens with zero attached hydrogens (tertiary/aromatic N) is 1. The molecule has 0 aliphatic rings. The summed E-state index contributed by atoms with van der Waals surface area (Å²) >= 11 is 3.22. The number of carboxylic acid groups (broad SMARTS) is 1. The zero-order valence-corrected chi connectivity index (χ0v) is 11.6. The fourth-order valence-corrected chi connectivity index (χ4v) is 2.10. The molecule has 1 aromatic heterocycles. The number of ether oxygens (including phenoxy) is 1. The maximum atomic E-state index is 13.8. The monoisotopic (exact) mass is 329 g/mol. The van der Waals surface area contributed by atoms with E-state index in [-0.39, 0.29) is 17.2 Å². The molecule has 0 spiro atoms. The van der Waals surface area contributed by atoms with Crippen molar-refractivity contribution >= 4 is 21.9 Å². The van der Waals surface area contributed by atoms with Crippen molar-refractivity contribution in [3.63, 3.8) is 0 Å². The standard InChI is InChI=1S/C12H9BrFNO4/c1-5-6(13)3-7(14)11(18-2)10(5)8-4-9(12(16)17)19-15-8/h3-4H,1-2H3,(H,16,17). The largest absolute Gasteiger partial charge is 0.493 e. The van der Waals surface area contributed by atoms with Crippen molar-refractivity contribution in [3.8, 4) is 17.0 Å². The number of hydrogen-bond donors (Lipinski definition) is 1. The van der Waals surface area contributed by atoms with Crippen LogP contribution in [-0.2, 0) is 0 Å². The summed E-state index contributed by atoms with van der Waals surface area (Å²) in [6.45, 7) is 1.73. The molecule has 0 unspecified atom stereocenters. The molecule has 0 saturated carbocycles. The molecular weight excluding hydrogens is 321 g/mol. The third-order valence-corrected chi connectivity index (χ3v) is 3.44. The maximum absolute atomic E-state index is 13.8. The quantitative estimate of drug-likeness (QED) is 0.935. The van der Waals surface area contributed by atoms with Crippen LogP contribution in [0.4, 0.5) is 4.39 Å². The number of halogens is 2. The number of benzene rings is 1. The van der Waals surface area contributed by atoms with Crippen molar-refractivity contribution < 1.29 is 23.6 Å². The van der Waals surface area contributed by atoms with E-state index in [1.54, 1.807) is 6.92 Å². The lowest BCUT2D eigenvalue weighted by Gasteiger charge is -2.11. The Bertz CT molecular complexity index is 653. The first kappa shape index (κ1) is 13.5. The Balaban J connectivity index is 2.69. The first-order valence-corrected chi connectivity index (χ1v) is 5.98. The highest BCUT2D eigenvalue weighted by Crippen LogP contribution is 2.38. The van der Waals surface area contributed by atoms with E-state index in [0.29, 0.717) is 15.6 Å². The molecule has 1 heterocycles. The fourth-order valence-electron chi connectivity index (χ4n) is 1.70. The summed E-state index contributed by atoms with van der Waals surface area (Å²) < 4.78 is 24.0. The highest BCUT2D eigenvalue weighted by molar-refractivity contribution is 9.10. The maximum Gasteiger partial charge on any atom is 0.374 e. The Morgan fingerprint density at radius 2 is 2.21 bits per heavy atom. The molecule has 1 aromatic carbocycles. The van der Waals surface area contributed by atoms with Crippen LogP contribution >= 0.6 is 15.9 Å². The van der Waals surface area contributed by atoms with Crippen LogP contribution in [0.5, 0.6) is 5.75 Å². The van der Waals surface area contributed by atoms with Gasteiger partial charge in [-0.2, -0.15) is 0 Å². The highest BCUT2D eigenvalue weighted by atomic mass is 79.9. The second kappa shape index (κ2) is 5.00. The first-order chi connectivity index (χ1) is 8.95. The van der Waals surface area contributed by atoms with E-state index in [1.807, 2.05) is 0 Å². The summed E-state index contributed by atoms with van der Waals surface area (Å²) in [5, 5.41) is 12.4. The average Bonchev–Trinajstić information content (AvgIpc) is 2.82. The molecule has 0 bridgehead atoms.